The number of aliphatic imine (C=N–C) groups is 1. The van der Waals surface area contributed by atoms with Gasteiger partial charge < -0.3 is 4.42 Å². The zero-order valence-corrected chi connectivity index (χ0v) is 14.6. The van der Waals surface area contributed by atoms with Crippen molar-refractivity contribution in [2.24, 2.45) is 4.99 Å². The highest BCUT2D eigenvalue weighted by Crippen LogP contribution is 2.37. The van der Waals surface area contributed by atoms with E-state index in [1.54, 1.807) is 23.1 Å². The van der Waals surface area contributed by atoms with E-state index >= 15 is 0 Å². The van der Waals surface area contributed by atoms with Crippen molar-refractivity contribution in [1.29, 1.82) is 5.41 Å². The number of furan rings is 1. The SMILES string of the molecule is N=C1/C(=C/c2ccc(Br)o2)C(=O)N=C2SC=C(c3ccccc3)N12. The monoisotopic (exact) mass is 399 g/mol. The van der Waals surface area contributed by atoms with Crippen LogP contribution in [0.1, 0.15) is 11.3 Å². The lowest BCUT2D eigenvalue weighted by atomic mass is 10.1. The van der Waals surface area contributed by atoms with Gasteiger partial charge in [-0.1, -0.05) is 42.1 Å². The summed E-state index contributed by atoms with van der Waals surface area (Å²) in [6, 6.07) is 13.2. The normalized spacial score (nSPS) is 18.7. The third kappa shape index (κ3) is 2.55. The third-order valence-electron chi connectivity index (χ3n) is 3.56. The first-order valence-corrected chi connectivity index (χ1v) is 8.72. The lowest BCUT2D eigenvalue weighted by Crippen LogP contribution is -2.37. The molecule has 0 aliphatic carbocycles. The van der Waals surface area contributed by atoms with E-state index in [-0.39, 0.29) is 11.4 Å². The van der Waals surface area contributed by atoms with Gasteiger partial charge in [-0.25, -0.2) is 0 Å². The Balaban J connectivity index is 1.75. The third-order valence-corrected chi connectivity index (χ3v) is 4.82. The van der Waals surface area contributed by atoms with Crippen LogP contribution in [-0.2, 0) is 4.79 Å². The van der Waals surface area contributed by atoms with Gasteiger partial charge in [-0.2, -0.15) is 4.99 Å². The van der Waals surface area contributed by atoms with E-state index in [1.165, 1.54) is 11.8 Å². The number of carbonyl (C=O) groups is 1. The molecule has 2 aromatic rings. The Morgan fingerprint density at radius 2 is 2.00 bits per heavy atom. The highest BCUT2D eigenvalue weighted by Gasteiger charge is 2.36. The number of amides is 1. The molecule has 0 saturated heterocycles. The van der Waals surface area contributed by atoms with Crippen LogP contribution in [0.5, 0.6) is 0 Å². The Hall–Kier alpha value is -2.38. The highest BCUT2D eigenvalue weighted by atomic mass is 79.9. The van der Waals surface area contributed by atoms with E-state index in [0.29, 0.717) is 15.6 Å². The van der Waals surface area contributed by atoms with Crippen molar-refractivity contribution in [3.63, 3.8) is 0 Å². The molecule has 3 heterocycles. The zero-order chi connectivity index (χ0) is 16.7. The number of carbonyl (C=O) groups excluding carboxylic acids is 1. The number of fused-ring (bicyclic) bond motifs is 1. The minimum Gasteiger partial charge on any atom is -0.450 e. The molecule has 4 rings (SSSR count). The van der Waals surface area contributed by atoms with E-state index in [1.807, 2.05) is 35.7 Å². The topological polar surface area (TPSA) is 69.7 Å². The van der Waals surface area contributed by atoms with Crippen LogP contribution in [0, 0.1) is 5.41 Å². The fourth-order valence-corrected chi connectivity index (χ4v) is 3.67. The van der Waals surface area contributed by atoms with Crippen LogP contribution in [0.2, 0.25) is 0 Å². The number of amidine groups is 2. The maximum Gasteiger partial charge on any atom is 0.283 e. The molecule has 0 radical (unpaired) electrons. The van der Waals surface area contributed by atoms with Crippen molar-refractivity contribution < 1.29 is 9.21 Å². The summed E-state index contributed by atoms with van der Waals surface area (Å²) in [5.74, 6) is 0.150. The van der Waals surface area contributed by atoms with Crippen molar-refractivity contribution >= 4 is 56.4 Å². The molecule has 0 unspecified atom stereocenters. The molecule has 1 N–H and O–H groups in total. The molecule has 0 fully saturated rings. The van der Waals surface area contributed by atoms with E-state index in [0.717, 1.165) is 11.3 Å². The maximum atomic E-state index is 12.3. The summed E-state index contributed by atoms with van der Waals surface area (Å²) in [7, 11) is 0. The van der Waals surface area contributed by atoms with Gasteiger partial charge in [0.05, 0.1) is 11.3 Å². The van der Waals surface area contributed by atoms with Crippen LogP contribution < -0.4 is 0 Å². The van der Waals surface area contributed by atoms with E-state index in [2.05, 4.69) is 20.9 Å². The van der Waals surface area contributed by atoms with Gasteiger partial charge in [-0.05, 0) is 39.7 Å². The predicted molar refractivity (Wildman–Crippen MR) is 98.4 cm³/mol. The fourth-order valence-electron chi connectivity index (χ4n) is 2.46. The van der Waals surface area contributed by atoms with Gasteiger partial charge in [0.2, 0.25) is 0 Å². The van der Waals surface area contributed by atoms with Crippen LogP contribution in [0.15, 0.2) is 67.5 Å². The Labute approximate surface area is 150 Å². The predicted octanol–water partition coefficient (Wildman–Crippen LogP) is 4.35. The number of rotatable bonds is 2. The van der Waals surface area contributed by atoms with Crippen molar-refractivity contribution in [3.05, 3.63) is 69.4 Å². The van der Waals surface area contributed by atoms with E-state index in [9.17, 15) is 4.79 Å². The van der Waals surface area contributed by atoms with Crippen LogP contribution in [0.3, 0.4) is 0 Å². The quantitative estimate of drug-likeness (QED) is 0.762. The van der Waals surface area contributed by atoms with Crippen molar-refractivity contribution in [2.75, 3.05) is 0 Å². The number of hydrogen-bond acceptors (Lipinski definition) is 4. The van der Waals surface area contributed by atoms with E-state index in [4.69, 9.17) is 9.83 Å². The van der Waals surface area contributed by atoms with Crippen LogP contribution in [0.4, 0.5) is 0 Å². The molecule has 1 amide bonds. The second kappa shape index (κ2) is 5.92. The van der Waals surface area contributed by atoms with Gasteiger partial charge in [-0.15, -0.1) is 0 Å². The number of hydrogen-bond donors (Lipinski definition) is 1. The number of halogens is 1. The second-order valence-electron chi connectivity index (χ2n) is 5.07. The first-order chi connectivity index (χ1) is 11.6. The molecule has 0 saturated carbocycles. The van der Waals surface area contributed by atoms with Gasteiger partial charge in [-0.3, -0.25) is 15.1 Å². The Kier molecular flexibility index (Phi) is 3.74. The molecule has 1 aromatic heterocycles. The summed E-state index contributed by atoms with van der Waals surface area (Å²) in [6.07, 6.45) is 1.54. The van der Waals surface area contributed by atoms with Gasteiger partial charge in [0, 0.05) is 5.41 Å². The molecule has 5 nitrogen and oxygen atoms in total. The summed E-state index contributed by atoms with van der Waals surface area (Å²) < 4.78 is 5.98. The molecule has 118 valence electrons. The Morgan fingerprint density at radius 1 is 1.21 bits per heavy atom. The molecule has 2 aliphatic heterocycles. The summed E-state index contributed by atoms with van der Waals surface area (Å²) in [6.45, 7) is 0. The average molecular weight is 400 g/mol. The minimum atomic E-state index is -0.436. The molecule has 1 aromatic carbocycles. The number of nitrogens with one attached hydrogen (secondary N) is 1. The van der Waals surface area contributed by atoms with Gasteiger partial charge in [0.25, 0.3) is 5.91 Å². The van der Waals surface area contributed by atoms with Gasteiger partial charge in [0.1, 0.15) is 11.6 Å². The van der Waals surface area contributed by atoms with Crippen LogP contribution in [-0.4, -0.2) is 21.8 Å². The summed E-state index contributed by atoms with van der Waals surface area (Å²) in [4.78, 5) is 18.1. The van der Waals surface area contributed by atoms with E-state index < -0.39 is 5.91 Å². The maximum absolute atomic E-state index is 12.3. The van der Waals surface area contributed by atoms with Crippen LogP contribution >= 0.6 is 27.7 Å². The zero-order valence-electron chi connectivity index (χ0n) is 12.2. The molecular weight excluding hydrogens is 390 g/mol. The molecule has 0 bridgehead atoms. The molecule has 0 spiro atoms. The molecule has 24 heavy (non-hydrogen) atoms. The smallest absolute Gasteiger partial charge is 0.283 e. The molecular formula is C17H10BrN3O2S. The van der Waals surface area contributed by atoms with Crippen LogP contribution in [0.25, 0.3) is 11.8 Å². The van der Waals surface area contributed by atoms with Crippen molar-refractivity contribution in [3.8, 4) is 0 Å². The standard InChI is InChI=1S/C17H10BrN3O2S/c18-14-7-6-11(23-14)8-12-15(19)21-13(10-4-2-1-3-5-10)9-24-17(21)20-16(12)22/h1-9,19H/b12-8-,19-15?. The summed E-state index contributed by atoms with van der Waals surface area (Å²) >= 11 is 4.57. The number of nitrogens with zero attached hydrogens (tertiary/aromatic N) is 2. The Bertz CT molecular complexity index is 944. The number of benzene rings is 1. The first-order valence-electron chi connectivity index (χ1n) is 7.05. The fraction of sp³-hybridized carbons (Fsp3) is 0. The largest absolute Gasteiger partial charge is 0.450 e. The Morgan fingerprint density at radius 3 is 2.71 bits per heavy atom. The van der Waals surface area contributed by atoms with Gasteiger partial charge in [0.15, 0.2) is 9.84 Å². The second-order valence-corrected chi connectivity index (χ2v) is 6.69. The van der Waals surface area contributed by atoms with Gasteiger partial charge >= 0.3 is 0 Å². The molecule has 0 atom stereocenters. The minimum absolute atomic E-state index is 0.0950. The van der Waals surface area contributed by atoms with Crippen molar-refractivity contribution in [2.45, 2.75) is 0 Å². The number of thioether (sulfide) groups is 1. The molecule has 7 heteroatoms. The first kappa shape index (κ1) is 15.2. The highest BCUT2D eigenvalue weighted by molar-refractivity contribution is 9.10. The van der Waals surface area contributed by atoms with Crippen molar-refractivity contribution in [1.82, 2.24) is 4.90 Å². The lowest BCUT2D eigenvalue weighted by molar-refractivity contribution is -0.114. The average Bonchev–Trinajstić information content (AvgIpc) is 3.18. The lowest BCUT2D eigenvalue weighted by Gasteiger charge is -2.26. The molecule has 2 aliphatic rings. The summed E-state index contributed by atoms with van der Waals surface area (Å²) in [5.41, 5.74) is 2.00. The summed E-state index contributed by atoms with van der Waals surface area (Å²) in [5, 5.41) is 10.9.